The first-order valence-corrected chi connectivity index (χ1v) is 8.14. The summed E-state index contributed by atoms with van der Waals surface area (Å²) in [7, 11) is 1.61. The number of amides is 1. The van der Waals surface area contributed by atoms with Gasteiger partial charge in [-0.05, 0) is 44.9 Å². The third-order valence-corrected chi connectivity index (χ3v) is 4.52. The number of methoxy groups -OCH3 is 1. The van der Waals surface area contributed by atoms with Gasteiger partial charge in [-0.15, -0.1) is 0 Å². The van der Waals surface area contributed by atoms with Crippen LogP contribution < -0.4 is 4.74 Å². The van der Waals surface area contributed by atoms with Crippen LogP contribution in [-0.4, -0.2) is 51.4 Å². The quantitative estimate of drug-likeness (QED) is 0.903. The molecule has 0 bridgehead atoms. The summed E-state index contributed by atoms with van der Waals surface area (Å²) in [6.45, 7) is 4.14. The number of aromatic nitrogens is 2. The van der Waals surface area contributed by atoms with Crippen LogP contribution in [-0.2, 0) is 0 Å². The summed E-state index contributed by atoms with van der Waals surface area (Å²) in [6.07, 6.45) is 1.71. The van der Waals surface area contributed by atoms with Gasteiger partial charge in [0.2, 0.25) is 0 Å². The highest BCUT2D eigenvalue weighted by atomic mass is 16.5. The van der Waals surface area contributed by atoms with E-state index in [2.05, 4.69) is 10.2 Å². The summed E-state index contributed by atoms with van der Waals surface area (Å²) < 4.78 is 5.35. The van der Waals surface area contributed by atoms with Gasteiger partial charge >= 0.3 is 0 Å². The van der Waals surface area contributed by atoms with Gasteiger partial charge in [0, 0.05) is 12.1 Å². The molecule has 1 aliphatic rings. The molecule has 1 amide bonds. The minimum absolute atomic E-state index is 0.131. The van der Waals surface area contributed by atoms with Crippen LogP contribution in [0.2, 0.25) is 0 Å². The number of benzene rings is 1. The molecule has 1 atom stereocenters. The number of ether oxygens (including phenoxy) is 1. The second kappa shape index (κ2) is 6.28. The van der Waals surface area contributed by atoms with Crippen molar-refractivity contribution in [2.45, 2.75) is 38.3 Å². The largest absolute Gasteiger partial charge is 0.496 e. The molecular weight excluding hydrogens is 306 g/mol. The van der Waals surface area contributed by atoms with Crippen LogP contribution in [0.4, 0.5) is 0 Å². The minimum atomic E-state index is -0.919. The molecule has 0 saturated carbocycles. The molecule has 6 nitrogen and oxygen atoms in total. The molecule has 0 spiro atoms. The second-order valence-corrected chi connectivity index (χ2v) is 6.68. The molecule has 24 heavy (non-hydrogen) atoms. The molecule has 2 N–H and O–H groups in total. The van der Waals surface area contributed by atoms with Gasteiger partial charge in [0.25, 0.3) is 5.91 Å². The number of aromatic amines is 1. The van der Waals surface area contributed by atoms with Crippen molar-refractivity contribution in [3.8, 4) is 17.0 Å². The Labute approximate surface area is 141 Å². The molecule has 128 valence electrons. The first-order chi connectivity index (χ1) is 11.4. The number of hydrogen-bond acceptors (Lipinski definition) is 4. The third kappa shape index (κ3) is 3.01. The van der Waals surface area contributed by atoms with Crippen LogP contribution in [0.25, 0.3) is 11.3 Å². The molecule has 1 saturated heterocycles. The van der Waals surface area contributed by atoms with Crippen LogP contribution in [0, 0.1) is 0 Å². The van der Waals surface area contributed by atoms with Crippen molar-refractivity contribution in [3.05, 3.63) is 36.0 Å². The predicted molar refractivity (Wildman–Crippen MR) is 90.9 cm³/mol. The van der Waals surface area contributed by atoms with Crippen LogP contribution in [0.15, 0.2) is 30.3 Å². The number of para-hydroxylation sites is 1. The molecule has 1 aliphatic heterocycles. The molecule has 2 aromatic rings. The zero-order chi connectivity index (χ0) is 17.3. The topological polar surface area (TPSA) is 78.5 Å². The molecule has 0 aliphatic carbocycles. The lowest BCUT2D eigenvalue weighted by molar-refractivity contribution is 0.000118. The van der Waals surface area contributed by atoms with E-state index >= 15 is 0 Å². The fourth-order valence-electron chi connectivity index (χ4n) is 3.32. The maximum Gasteiger partial charge on any atom is 0.272 e. The molecule has 6 heteroatoms. The molecule has 0 radical (unpaired) electrons. The summed E-state index contributed by atoms with van der Waals surface area (Å²) in [4.78, 5) is 14.6. The molecule has 1 aromatic heterocycles. The zero-order valence-corrected chi connectivity index (χ0v) is 14.2. The van der Waals surface area contributed by atoms with Crippen LogP contribution in [0.5, 0.6) is 5.75 Å². The van der Waals surface area contributed by atoms with E-state index in [1.165, 1.54) is 0 Å². The van der Waals surface area contributed by atoms with E-state index in [0.29, 0.717) is 23.7 Å². The number of nitrogens with one attached hydrogen (secondary N) is 1. The lowest BCUT2D eigenvalue weighted by Gasteiger charge is -2.33. The number of rotatable bonds is 4. The average Bonchev–Trinajstić information content (AvgIpc) is 3.23. The lowest BCUT2D eigenvalue weighted by Crippen LogP contribution is -2.48. The van der Waals surface area contributed by atoms with Gasteiger partial charge in [-0.2, -0.15) is 5.10 Å². The van der Waals surface area contributed by atoms with E-state index in [1.54, 1.807) is 31.9 Å². The number of aliphatic hydroxyl groups is 1. The maximum absolute atomic E-state index is 12.8. The SMILES string of the molecule is COc1ccccc1-c1cc(C(=O)N2CCCC2C(C)(C)O)[nH]n1. The van der Waals surface area contributed by atoms with Crippen molar-refractivity contribution in [2.75, 3.05) is 13.7 Å². The Balaban J connectivity index is 1.87. The van der Waals surface area contributed by atoms with E-state index in [9.17, 15) is 9.90 Å². The van der Waals surface area contributed by atoms with E-state index in [0.717, 1.165) is 18.4 Å². The fourth-order valence-corrected chi connectivity index (χ4v) is 3.32. The smallest absolute Gasteiger partial charge is 0.272 e. The molecule has 1 fully saturated rings. The van der Waals surface area contributed by atoms with Crippen molar-refractivity contribution in [2.24, 2.45) is 0 Å². The van der Waals surface area contributed by atoms with Gasteiger partial charge in [0.1, 0.15) is 11.4 Å². The van der Waals surface area contributed by atoms with Crippen LogP contribution in [0.1, 0.15) is 37.2 Å². The fraction of sp³-hybridized carbons (Fsp3) is 0.444. The van der Waals surface area contributed by atoms with Gasteiger partial charge in [-0.25, -0.2) is 0 Å². The first kappa shape index (κ1) is 16.5. The maximum atomic E-state index is 12.8. The molecule has 1 aromatic carbocycles. The van der Waals surface area contributed by atoms with E-state index < -0.39 is 5.60 Å². The van der Waals surface area contributed by atoms with Crippen molar-refractivity contribution in [1.82, 2.24) is 15.1 Å². The van der Waals surface area contributed by atoms with E-state index in [1.807, 2.05) is 24.3 Å². The Hall–Kier alpha value is -2.34. The van der Waals surface area contributed by atoms with Crippen molar-refractivity contribution in [1.29, 1.82) is 0 Å². The third-order valence-electron chi connectivity index (χ3n) is 4.52. The van der Waals surface area contributed by atoms with Crippen molar-refractivity contribution >= 4 is 5.91 Å². The lowest BCUT2D eigenvalue weighted by atomic mass is 9.96. The first-order valence-electron chi connectivity index (χ1n) is 8.14. The summed E-state index contributed by atoms with van der Waals surface area (Å²) in [5.41, 5.74) is 0.995. The number of nitrogens with zero attached hydrogens (tertiary/aromatic N) is 2. The Kier molecular flexibility index (Phi) is 4.32. The minimum Gasteiger partial charge on any atom is -0.496 e. The highest BCUT2D eigenvalue weighted by molar-refractivity contribution is 5.94. The van der Waals surface area contributed by atoms with Gasteiger partial charge < -0.3 is 14.7 Å². The normalized spacial score (nSPS) is 18.0. The monoisotopic (exact) mass is 329 g/mol. The number of likely N-dealkylation sites (tertiary alicyclic amines) is 1. The molecule has 3 rings (SSSR count). The van der Waals surface area contributed by atoms with Gasteiger partial charge in [0.15, 0.2) is 0 Å². The van der Waals surface area contributed by atoms with Crippen molar-refractivity contribution in [3.63, 3.8) is 0 Å². The second-order valence-electron chi connectivity index (χ2n) is 6.68. The van der Waals surface area contributed by atoms with Gasteiger partial charge in [0.05, 0.1) is 24.4 Å². The highest BCUT2D eigenvalue weighted by Crippen LogP contribution is 2.31. The molecular formula is C18H23N3O3. The average molecular weight is 329 g/mol. The Morgan fingerprint density at radius 2 is 2.17 bits per heavy atom. The molecule has 2 heterocycles. The number of H-pyrrole nitrogens is 1. The number of hydrogen-bond donors (Lipinski definition) is 2. The standard InChI is InChI=1S/C18H23N3O3/c1-18(2,23)16-9-6-10-21(16)17(22)14-11-13(19-20-14)12-7-4-5-8-15(12)24-3/h4-5,7-8,11,16,23H,6,9-10H2,1-3H3,(H,19,20). The predicted octanol–water partition coefficient (Wildman–Crippen LogP) is 2.46. The van der Waals surface area contributed by atoms with Crippen molar-refractivity contribution < 1.29 is 14.6 Å². The summed E-state index contributed by atoms with van der Waals surface area (Å²) >= 11 is 0. The summed E-state index contributed by atoms with van der Waals surface area (Å²) in [5.74, 6) is 0.576. The van der Waals surface area contributed by atoms with E-state index in [4.69, 9.17) is 4.74 Å². The Morgan fingerprint density at radius 1 is 1.42 bits per heavy atom. The Bertz CT molecular complexity index is 733. The highest BCUT2D eigenvalue weighted by Gasteiger charge is 2.39. The van der Waals surface area contributed by atoms with E-state index in [-0.39, 0.29) is 11.9 Å². The molecule has 1 unspecified atom stereocenters. The summed E-state index contributed by atoms with van der Waals surface area (Å²) in [6, 6.07) is 9.11. The van der Waals surface area contributed by atoms with Gasteiger partial charge in [-0.3, -0.25) is 9.89 Å². The Morgan fingerprint density at radius 3 is 2.88 bits per heavy atom. The number of carbonyl (C=O) groups is 1. The summed E-state index contributed by atoms with van der Waals surface area (Å²) in [5, 5.41) is 17.4. The zero-order valence-electron chi connectivity index (χ0n) is 14.2. The van der Waals surface area contributed by atoms with Gasteiger partial charge in [-0.1, -0.05) is 12.1 Å². The van der Waals surface area contributed by atoms with Crippen LogP contribution in [0.3, 0.4) is 0 Å². The van der Waals surface area contributed by atoms with Crippen LogP contribution >= 0.6 is 0 Å². The number of carbonyl (C=O) groups excluding carboxylic acids is 1.